The third-order valence-corrected chi connectivity index (χ3v) is 13.6. The summed E-state index contributed by atoms with van der Waals surface area (Å²) in [5.41, 5.74) is 1.90. The topological polar surface area (TPSA) is 44.7 Å². The van der Waals surface area contributed by atoms with Crippen LogP contribution >= 0.6 is 0 Å². The van der Waals surface area contributed by atoms with E-state index in [4.69, 9.17) is 4.74 Å². The largest absolute Gasteiger partial charge is 0.393 e. The predicted molar refractivity (Wildman–Crippen MR) is 128 cm³/mol. The van der Waals surface area contributed by atoms with Crippen molar-refractivity contribution in [1.82, 2.24) is 10.2 Å². The van der Waals surface area contributed by atoms with Gasteiger partial charge in [-0.25, -0.2) is 0 Å². The van der Waals surface area contributed by atoms with Crippen LogP contribution < -0.4 is 5.32 Å². The highest BCUT2D eigenvalue weighted by Crippen LogP contribution is 2.89. The van der Waals surface area contributed by atoms with Gasteiger partial charge in [0.05, 0.1) is 12.7 Å². The number of ether oxygens (including phenoxy) is 1. The number of rotatable bonds is 2. The van der Waals surface area contributed by atoms with E-state index in [1.54, 1.807) is 0 Å². The molecule has 0 radical (unpaired) electrons. The fraction of sp³-hybridized carbons (Fsp3) is 1.00. The lowest BCUT2D eigenvalue weighted by Crippen LogP contribution is -2.65. The second-order valence-electron chi connectivity index (χ2n) is 14.0. The molecule has 1 unspecified atom stereocenters. The second kappa shape index (κ2) is 6.53. The Morgan fingerprint density at radius 1 is 1.00 bits per heavy atom. The molecule has 5 aliphatic carbocycles. The monoisotopic (exact) mass is 444 g/mol. The predicted octanol–water partition coefficient (Wildman–Crippen LogP) is 4.66. The molecule has 4 heteroatoms. The van der Waals surface area contributed by atoms with Gasteiger partial charge in [0.2, 0.25) is 0 Å². The molecule has 0 bridgehead atoms. The second-order valence-corrected chi connectivity index (χ2v) is 14.0. The maximum Gasteiger partial charge on any atom is 0.107 e. The molecule has 182 valence electrons. The number of hydrogen-bond donors (Lipinski definition) is 2. The van der Waals surface area contributed by atoms with E-state index < -0.39 is 0 Å². The van der Waals surface area contributed by atoms with Crippen LogP contribution in [0.2, 0.25) is 0 Å². The van der Waals surface area contributed by atoms with Gasteiger partial charge in [0.15, 0.2) is 0 Å². The lowest BCUT2D eigenvalue weighted by molar-refractivity contribution is -0.227. The van der Waals surface area contributed by atoms with Crippen LogP contribution in [0, 0.1) is 44.8 Å². The summed E-state index contributed by atoms with van der Waals surface area (Å²) in [4.78, 5) is 2.55. The van der Waals surface area contributed by atoms with Gasteiger partial charge in [0.1, 0.15) is 6.23 Å². The molecule has 1 aliphatic heterocycles. The Morgan fingerprint density at radius 2 is 1.69 bits per heavy atom. The summed E-state index contributed by atoms with van der Waals surface area (Å²) in [7, 11) is 4.38. The summed E-state index contributed by atoms with van der Waals surface area (Å²) in [5, 5.41) is 14.9. The van der Waals surface area contributed by atoms with E-state index in [2.05, 4.69) is 58.9 Å². The first-order chi connectivity index (χ1) is 15.0. The summed E-state index contributed by atoms with van der Waals surface area (Å²) < 4.78 is 6.37. The first kappa shape index (κ1) is 22.3. The van der Waals surface area contributed by atoms with Crippen LogP contribution in [-0.4, -0.2) is 55.1 Å². The standard InChI is InChI=1S/C28H48N2O2/c1-17(29-6)23-19(31)14-26(5)21-9-8-20-24(3)16-32-18(2)30(7)22(24)10-11-27(20)15-28(21,27)13-12-25(23,26)4/h17-23,29,31H,8-16H2,1-7H3/t17-,18?,19+,20-,21-,22-,23-,24-,25+,26-,27+,28-/m0/s1. The Labute approximate surface area is 196 Å². The number of hydrogen-bond acceptors (Lipinski definition) is 4. The van der Waals surface area contributed by atoms with Gasteiger partial charge in [-0.1, -0.05) is 20.8 Å². The van der Waals surface area contributed by atoms with Crippen molar-refractivity contribution in [2.75, 3.05) is 20.7 Å². The Bertz CT molecular complexity index is 804. The van der Waals surface area contributed by atoms with E-state index in [-0.39, 0.29) is 23.2 Å². The molecule has 2 spiro atoms. The number of aliphatic hydroxyl groups is 1. The van der Waals surface area contributed by atoms with E-state index in [1.807, 2.05) is 0 Å². The Morgan fingerprint density at radius 3 is 2.41 bits per heavy atom. The van der Waals surface area contributed by atoms with Gasteiger partial charge in [0.25, 0.3) is 0 Å². The molecule has 0 amide bonds. The minimum atomic E-state index is -0.162. The summed E-state index contributed by atoms with van der Waals surface area (Å²) in [6, 6.07) is 1.05. The summed E-state index contributed by atoms with van der Waals surface area (Å²) in [6.07, 6.45) is 10.8. The third-order valence-electron chi connectivity index (χ3n) is 13.6. The average molecular weight is 445 g/mol. The zero-order chi connectivity index (χ0) is 22.9. The molecule has 2 N–H and O–H groups in total. The van der Waals surface area contributed by atoms with Gasteiger partial charge in [-0.3, -0.25) is 4.90 Å². The van der Waals surface area contributed by atoms with Gasteiger partial charge >= 0.3 is 0 Å². The quantitative estimate of drug-likeness (QED) is 0.650. The van der Waals surface area contributed by atoms with Crippen LogP contribution in [0.1, 0.15) is 86.0 Å². The summed E-state index contributed by atoms with van der Waals surface area (Å²) in [6.45, 7) is 13.2. The average Bonchev–Trinajstić information content (AvgIpc) is 3.35. The highest BCUT2D eigenvalue weighted by Gasteiger charge is 2.83. The molecule has 6 fully saturated rings. The van der Waals surface area contributed by atoms with E-state index >= 15 is 0 Å². The molecule has 12 atom stereocenters. The fourth-order valence-corrected chi connectivity index (χ4v) is 11.9. The van der Waals surface area contributed by atoms with Crippen molar-refractivity contribution in [3.05, 3.63) is 0 Å². The smallest absolute Gasteiger partial charge is 0.107 e. The fourth-order valence-electron chi connectivity index (χ4n) is 11.9. The van der Waals surface area contributed by atoms with E-state index in [9.17, 15) is 5.11 Å². The van der Waals surface area contributed by atoms with Crippen LogP contribution in [0.5, 0.6) is 0 Å². The van der Waals surface area contributed by atoms with Crippen LogP contribution in [0.3, 0.4) is 0 Å². The molecule has 1 heterocycles. The zero-order valence-electron chi connectivity index (χ0n) is 21.7. The van der Waals surface area contributed by atoms with Gasteiger partial charge in [-0.05, 0) is 113 Å². The highest BCUT2D eigenvalue weighted by molar-refractivity contribution is 5.32. The van der Waals surface area contributed by atoms with Crippen molar-refractivity contribution >= 4 is 0 Å². The van der Waals surface area contributed by atoms with Crippen molar-refractivity contribution in [2.45, 2.75) is 110 Å². The van der Waals surface area contributed by atoms with E-state index in [1.165, 1.54) is 44.9 Å². The van der Waals surface area contributed by atoms with Gasteiger partial charge in [0, 0.05) is 23.4 Å². The first-order valence-corrected chi connectivity index (χ1v) is 13.7. The van der Waals surface area contributed by atoms with Crippen molar-refractivity contribution in [3.63, 3.8) is 0 Å². The molecular weight excluding hydrogens is 396 g/mol. The lowest BCUT2D eigenvalue weighted by atomic mass is 9.41. The Kier molecular flexibility index (Phi) is 4.55. The Balaban J connectivity index is 1.36. The van der Waals surface area contributed by atoms with Crippen molar-refractivity contribution in [2.24, 2.45) is 44.8 Å². The van der Waals surface area contributed by atoms with Crippen LogP contribution in [0.25, 0.3) is 0 Å². The molecule has 6 rings (SSSR count). The van der Waals surface area contributed by atoms with Gasteiger partial charge in [-0.15, -0.1) is 0 Å². The molecule has 0 aromatic rings. The molecule has 1 saturated heterocycles. The minimum Gasteiger partial charge on any atom is -0.393 e. The summed E-state index contributed by atoms with van der Waals surface area (Å²) in [5.74, 6) is 1.97. The van der Waals surface area contributed by atoms with Gasteiger partial charge < -0.3 is 15.2 Å². The van der Waals surface area contributed by atoms with Crippen molar-refractivity contribution < 1.29 is 9.84 Å². The molecule has 32 heavy (non-hydrogen) atoms. The number of aliphatic hydroxyl groups excluding tert-OH is 1. The van der Waals surface area contributed by atoms with Crippen molar-refractivity contribution in [3.8, 4) is 0 Å². The van der Waals surface area contributed by atoms with E-state index in [0.717, 1.165) is 24.9 Å². The number of nitrogens with zero attached hydrogens (tertiary/aromatic N) is 1. The number of fused-ring (bicyclic) bond motifs is 4. The summed E-state index contributed by atoms with van der Waals surface area (Å²) >= 11 is 0. The normalized spacial score (nSPS) is 62.2. The van der Waals surface area contributed by atoms with Crippen LogP contribution in [0.15, 0.2) is 0 Å². The SMILES string of the molecule is CN[C@@H](C)[C@H]1[C@H](O)C[C@@]2(C)[C@@H]3CC[C@H]4[C@]5(C)COC(C)N(C)[C@H]5CC[C@@]45C[C@@]35CC[C@]12C. The molecule has 4 nitrogen and oxygen atoms in total. The van der Waals surface area contributed by atoms with E-state index in [0.29, 0.717) is 34.2 Å². The maximum absolute atomic E-state index is 11.4. The van der Waals surface area contributed by atoms with Crippen molar-refractivity contribution in [1.29, 1.82) is 0 Å². The minimum absolute atomic E-state index is 0.162. The Hall–Kier alpha value is -0.160. The van der Waals surface area contributed by atoms with Crippen LogP contribution in [0.4, 0.5) is 0 Å². The molecule has 5 saturated carbocycles. The molecule has 6 aliphatic rings. The third kappa shape index (κ3) is 2.26. The molecule has 0 aromatic heterocycles. The lowest BCUT2D eigenvalue weighted by Gasteiger charge is -2.65. The van der Waals surface area contributed by atoms with Gasteiger partial charge in [-0.2, -0.15) is 0 Å². The molecule has 0 aromatic carbocycles. The zero-order valence-corrected chi connectivity index (χ0v) is 21.7. The highest BCUT2D eigenvalue weighted by atomic mass is 16.5. The maximum atomic E-state index is 11.4. The first-order valence-electron chi connectivity index (χ1n) is 13.7. The van der Waals surface area contributed by atoms with Crippen LogP contribution in [-0.2, 0) is 4.74 Å². The number of nitrogens with one attached hydrogen (secondary N) is 1. The molecular formula is C28H48N2O2.